The Kier molecular flexibility index (Phi) is 3.06. The minimum Gasteiger partial charge on any atom is -0.369 e. The normalized spacial score (nSPS) is 11.1. The van der Waals surface area contributed by atoms with Crippen LogP contribution >= 0.6 is 11.6 Å². The molecule has 0 saturated carbocycles. The van der Waals surface area contributed by atoms with Crippen molar-refractivity contribution in [1.29, 1.82) is 0 Å². The summed E-state index contributed by atoms with van der Waals surface area (Å²) < 4.78 is 2.78. The zero-order valence-electron chi connectivity index (χ0n) is 11.1. The number of fused-ring (bicyclic) bond motifs is 1. The summed E-state index contributed by atoms with van der Waals surface area (Å²) in [5.74, 6) is 0.150. The predicted molar refractivity (Wildman–Crippen MR) is 80.6 cm³/mol. The number of nitrogens with zero attached hydrogens (tertiary/aromatic N) is 3. The van der Waals surface area contributed by atoms with E-state index in [1.54, 1.807) is 6.07 Å². The second-order valence-corrected chi connectivity index (χ2v) is 5.05. The molecule has 0 radical (unpaired) electrons. The Hall–Kier alpha value is -2.54. The van der Waals surface area contributed by atoms with Gasteiger partial charge in [-0.2, -0.15) is 4.98 Å². The van der Waals surface area contributed by atoms with E-state index >= 15 is 0 Å². The molecule has 0 bridgehead atoms. The van der Waals surface area contributed by atoms with Crippen molar-refractivity contribution < 1.29 is 0 Å². The Labute approximate surface area is 123 Å². The molecule has 3 N–H and O–H groups in total. The van der Waals surface area contributed by atoms with E-state index in [1.807, 2.05) is 18.2 Å². The molecule has 2 aromatic heterocycles. The first kappa shape index (κ1) is 13.4. The van der Waals surface area contributed by atoms with Gasteiger partial charge in [-0.1, -0.05) is 29.8 Å². The lowest BCUT2D eigenvalue weighted by Crippen LogP contribution is -2.29. The van der Waals surface area contributed by atoms with Crippen molar-refractivity contribution in [3.63, 3.8) is 0 Å². The fourth-order valence-electron chi connectivity index (χ4n) is 2.21. The molecule has 0 unspecified atom stereocenters. The van der Waals surface area contributed by atoms with Crippen molar-refractivity contribution >= 4 is 28.7 Å². The Bertz CT molecular complexity index is 953. The maximum Gasteiger partial charge on any atom is 0.329 e. The Balaban J connectivity index is 2.27. The third-order valence-corrected chi connectivity index (χ3v) is 3.69. The summed E-state index contributed by atoms with van der Waals surface area (Å²) in [7, 11) is 1.52. The first-order valence-corrected chi connectivity index (χ1v) is 6.55. The molecular formula is C13H12ClN5O2. The van der Waals surface area contributed by atoms with Crippen LogP contribution in [-0.4, -0.2) is 19.1 Å². The minimum absolute atomic E-state index is 0.150. The third kappa shape index (κ3) is 2.11. The number of imidazole rings is 1. The molecule has 0 aliphatic heterocycles. The SMILES string of the molecule is Cn1c(=O)[nH]c(=O)c2c1nc(N)n2Cc1ccccc1Cl. The molecule has 0 spiro atoms. The molecule has 8 heteroatoms. The zero-order chi connectivity index (χ0) is 15.1. The lowest BCUT2D eigenvalue weighted by molar-refractivity contribution is 0.812. The standard InChI is InChI=1S/C13H12ClN5O2/c1-18-10-9(11(20)17-13(18)21)19(12(15)16-10)6-7-4-2-3-5-8(7)14/h2-5H,6H2,1H3,(H2,15,16)(H,17,20,21). The van der Waals surface area contributed by atoms with Crippen molar-refractivity contribution in [2.75, 3.05) is 5.73 Å². The summed E-state index contributed by atoms with van der Waals surface area (Å²) in [6, 6.07) is 7.25. The number of H-pyrrole nitrogens is 1. The first-order chi connectivity index (χ1) is 9.99. The molecule has 2 heterocycles. The predicted octanol–water partition coefficient (Wildman–Crippen LogP) is 0.707. The van der Waals surface area contributed by atoms with Crippen molar-refractivity contribution in [3.05, 3.63) is 55.7 Å². The first-order valence-electron chi connectivity index (χ1n) is 6.17. The van der Waals surface area contributed by atoms with E-state index in [-0.39, 0.29) is 17.1 Å². The molecule has 3 rings (SSSR count). The topological polar surface area (TPSA) is 98.7 Å². The molecule has 0 aliphatic carbocycles. The summed E-state index contributed by atoms with van der Waals surface area (Å²) in [6.07, 6.45) is 0. The van der Waals surface area contributed by atoms with Crippen LogP contribution in [0.4, 0.5) is 5.95 Å². The summed E-state index contributed by atoms with van der Waals surface area (Å²) in [4.78, 5) is 30.0. The van der Waals surface area contributed by atoms with Gasteiger partial charge < -0.3 is 10.3 Å². The van der Waals surface area contributed by atoms with Gasteiger partial charge in [-0.3, -0.25) is 14.3 Å². The van der Waals surface area contributed by atoms with Crippen LogP contribution in [0.2, 0.25) is 5.02 Å². The zero-order valence-corrected chi connectivity index (χ0v) is 11.9. The number of hydrogen-bond acceptors (Lipinski definition) is 4. The number of hydrogen-bond donors (Lipinski definition) is 2. The quantitative estimate of drug-likeness (QED) is 0.728. The molecule has 0 saturated heterocycles. The number of rotatable bonds is 2. The molecule has 3 aromatic rings. The van der Waals surface area contributed by atoms with Crippen LogP contribution in [0.1, 0.15) is 5.56 Å². The molecule has 7 nitrogen and oxygen atoms in total. The molecule has 0 amide bonds. The Morgan fingerprint density at radius 3 is 2.76 bits per heavy atom. The van der Waals surface area contributed by atoms with Crippen LogP contribution in [0.25, 0.3) is 11.2 Å². The monoisotopic (exact) mass is 305 g/mol. The van der Waals surface area contributed by atoms with Crippen molar-refractivity contribution in [2.24, 2.45) is 7.05 Å². The maximum atomic E-state index is 12.0. The van der Waals surface area contributed by atoms with Crippen LogP contribution < -0.4 is 17.0 Å². The van der Waals surface area contributed by atoms with Gasteiger partial charge in [-0.05, 0) is 11.6 Å². The second-order valence-electron chi connectivity index (χ2n) is 4.64. The van der Waals surface area contributed by atoms with Crippen LogP contribution in [0, 0.1) is 0 Å². The Morgan fingerprint density at radius 1 is 1.33 bits per heavy atom. The van der Waals surface area contributed by atoms with Gasteiger partial charge >= 0.3 is 5.69 Å². The molecule has 1 aromatic carbocycles. The van der Waals surface area contributed by atoms with Crippen LogP contribution in [0.5, 0.6) is 0 Å². The van der Waals surface area contributed by atoms with Gasteiger partial charge in [0.2, 0.25) is 5.95 Å². The number of anilines is 1. The van der Waals surface area contributed by atoms with Gasteiger partial charge in [-0.25, -0.2) is 4.79 Å². The van der Waals surface area contributed by atoms with Gasteiger partial charge in [0.15, 0.2) is 11.2 Å². The maximum absolute atomic E-state index is 12.0. The lowest BCUT2D eigenvalue weighted by Gasteiger charge is -2.07. The highest BCUT2D eigenvalue weighted by molar-refractivity contribution is 6.31. The molecule has 108 valence electrons. The van der Waals surface area contributed by atoms with Gasteiger partial charge in [0.05, 0.1) is 6.54 Å². The Morgan fingerprint density at radius 2 is 2.05 bits per heavy atom. The fourth-order valence-corrected chi connectivity index (χ4v) is 2.40. The summed E-state index contributed by atoms with van der Waals surface area (Å²) >= 11 is 6.13. The van der Waals surface area contributed by atoms with Crippen molar-refractivity contribution in [1.82, 2.24) is 19.1 Å². The van der Waals surface area contributed by atoms with Gasteiger partial charge in [0.1, 0.15) is 0 Å². The van der Waals surface area contributed by atoms with Crippen LogP contribution in [0.15, 0.2) is 33.9 Å². The number of nitrogens with two attached hydrogens (primary N) is 1. The molecule has 0 atom stereocenters. The molecule has 0 fully saturated rings. The molecule has 21 heavy (non-hydrogen) atoms. The summed E-state index contributed by atoms with van der Waals surface area (Å²) in [5, 5.41) is 0.569. The lowest BCUT2D eigenvalue weighted by atomic mass is 10.2. The van der Waals surface area contributed by atoms with Crippen molar-refractivity contribution in [2.45, 2.75) is 6.54 Å². The number of aromatic amines is 1. The number of nitrogen functional groups attached to an aromatic ring is 1. The van der Waals surface area contributed by atoms with Gasteiger partial charge in [0.25, 0.3) is 5.56 Å². The number of halogens is 1. The van der Waals surface area contributed by atoms with E-state index in [0.717, 1.165) is 5.56 Å². The second kappa shape index (κ2) is 4.78. The number of aromatic nitrogens is 4. The van der Waals surface area contributed by atoms with Gasteiger partial charge in [0, 0.05) is 12.1 Å². The number of nitrogens with one attached hydrogen (secondary N) is 1. The fraction of sp³-hybridized carbons (Fsp3) is 0.154. The third-order valence-electron chi connectivity index (χ3n) is 3.32. The molecule has 0 aliphatic rings. The number of aryl methyl sites for hydroxylation is 1. The number of benzene rings is 1. The van der Waals surface area contributed by atoms with E-state index in [4.69, 9.17) is 17.3 Å². The van der Waals surface area contributed by atoms with E-state index in [1.165, 1.54) is 16.2 Å². The highest BCUT2D eigenvalue weighted by Crippen LogP contribution is 2.20. The highest BCUT2D eigenvalue weighted by Gasteiger charge is 2.16. The smallest absolute Gasteiger partial charge is 0.329 e. The average molecular weight is 306 g/mol. The molecular weight excluding hydrogens is 294 g/mol. The summed E-state index contributed by atoms with van der Waals surface area (Å²) in [6.45, 7) is 0.295. The van der Waals surface area contributed by atoms with E-state index < -0.39 is 11.2 Å². The van der Waals surface area contributed by atoms with Crippen LogP contribution in [0.3, 0.4) is 0 Å². The van der Waals surface area contributed by atoms with Gasteiger partial charge in [-0.15, -0.1) is 0 Å². The average Bonchev–Trinajstić information content (AvgIpc) is 2.77. The van der Waals surface area contributed by atoms with E-state index in [2.05, 4.69) is 9.97 Å². The minimum atomic E-state index is -0.533. The largest absolute Gasteiger partial charge is 0.369 e. The van der Waals surface area contributed by atoms with E-state index in [9.17, 15) is 9.59 Å². The summed E-state index contributed by atoms with van der Waals surface area (Å²) in [5.41, 5.74) is 6.12. The van der Waals surface area contributed by atoms with E-state index in [0.29, 0.717) is 11.6 Å². The highest BCUT2D eigenvalue weighted by atomic mass is 35.5. The van der Waals surface area contributed by atoms with Crippen LogP contribution in [-0.2, 0) is 13.6 Å². The van der Waals surface area contributed by atoms with Crippen molar-refractivity contribution in [3.8, 4) is 0 Å².